The highest BCUT2D eigenvalue weighted by Gasteiger charge is 2.13. The van der Waals surface area contributed by atoms with Crippen LogP contribution in [0.2, 0.25) is 0 Å². The zero-order valence-electron chi connectivity index (χ0n) is 11.6. The summed E-state index contributed by atoms with van der Waals surface area (Å²) >= 11 is 3.39. The minimum absolute atomic E-state index is 0.0133. The molecule has 1 amide bonds. The molecule has 0 aliphatic rings. The van der Waals surface area contributed by atoms with Crippen LogP contribution in [-0.2, 0) is 4.79 Å². The molecule has 0 fully saturated rings. The molecule has 1 atom stereocenters. The van der Waals surface area contributed by atoms with Crippen molar-refractivity contribution in [3.05, 3.63) is 28.2 Å². The lowest BCUT2D eigenvalue weighted by Crippen LogP contribution is -2.34. The quantitative estimate of drug-likeness (QED) is 0.873. The Morgan fingerprint density at radius 3 is 2.58 bits per heavy atom. The summed E-state index contributed by atoms with van der Waals surface area (Å²) in [5, 5.41) is 0. The number of rotatable bonds is 6. The van der Waals surface area contributed by atoms with Gasteiger partial charge < -0.3 is 15.4 Å². The van der Waals surface area contributed by atoms with Crippen LogP contribution in [0.4, 0.5) is 0 Å². The van der Waals surface area contributed by atoms with E-state index in [9.17, 15) is 4.79 Å². The zero-order chi connectivity index (χ0) is 14.4. The van der Waals surface area contributed by atoms with Crippen molar-refractivity contribution in [2.24, 2.45) is 5.73 Å². The topological polar surface area (TPSA) is 55.6 Å². The van der Waals surface area contributed by atoms with E-state index in [-0.39, 0.29) is 18.6 Å². The van der Waals surface area contributed by atoms with Crippen LogP contribution < -0.4 is 10.5 Å². The van der Waals surface area contributed by atoms with Crippen LogP contribution in [0.25, 0.3) is 0 Å². The summed E-state index contributed by atoms with van der Waals surface area (Å²) in [6.07, 6.45) is 0. The second kappa shape index (κ2) is 7.50. The molecular formula is C14H21BrN2O2. The molecule has 0 aromatic heterocycles. The first-order valence-electron chi connectivity index (χ1n) is 6.45. The third-order valence-electron chi connectivity index (χ3n) is 2.93. The number of likely N-dealkylation sites (N-methyl/N-ethyl adjacent to an activating group) is 1. The Kier molecular flexibility index (Phi) is 6.31. The van der Waals surface area contributed by atoms with E-state index in [1.165, 1.54) is 0 Å². The average molecular weight is 329 g/mol. The van der Waals surface area contributed by atoms with Gasteiger partial charge in [0.2, 0.25) is 0 Å². The SMILES string of the molecule is CCN(CC)C(=O)COc1cc(Br)ccc1[C@H](C)N. The third kappa shape index (κ3) is 4.51. The molecule has 1 rings (SSSR count). The first-order chi connectivity index (χ1) is 8.99. The first-order valence-corrected chi connectivity index (χ1v) is 7.24. The van der Waals surface area contributed by atoms with E-state index in [2.05, 4.69) is 15.9 Å². The van der Waals surface area contributed by atoms with E-state index in [1.807, 2.05) is 39.0 Å². The highest BCUT2D eigenvalue weighted by Crippen LogP contribution is 2.27. The second-order valence-electron chi connectivity index (χ2n) is 4.33. The van der Waals surface area contributed by atoms with Crippen LogP contribution in [0.1, 0.15) is 32.4 Å². The monoisotopic (exact) mass is 328 g/mol. The van der Waals surface area contributed by atoms with E-state index in [4.69, 9.17) is 10.5 Å². The number of benzene rings is 1. The number of nitrogens with two attached hydrogens (primary N) is 1. The second-order valence-corrected chi connectivity index (χ2v) is 5.24. The van der Waals surface area contributed by atoms with Gasteiger partial charge in [-0.3, -0.25) is 4.79 Å². The van der Waals surface area contributed by atoms with E-state index in [0.29, 0.717) is 18.8 Å². The van der Waals surface area contributed by atoms with Crippen LogP contribution in [-0.4, -0.2) is 30.5 Å². The third-order valence-corrected chi connectivity index (χ3v) is 3.43. The van der Waals surface area contributed by atoms with E-state index in [1.54, 1.807) is 4.90 Å². The molecule has 106 valence electrons. The fraction of sp³-hybridized carbons (Fsp3) is 0.500. The van der Waals surface area contributed by atoms with Crippen molar-refractivity contribution < 1.29 is 9.53 Å². The molecule has 0 heterocycles. The van der Waals surface area contributed by atoms with Crippen molar-refractivity contribution in [1.29, 1.82) is 0 Å². The van der Waals surface area contributed by atoms with Gasteiger partial charge >= 0.3 is 0 Å². The Labute approximate surface area is 123 Å². The molecule has 0 spiro atoms. The van der Waals surface area contributed by atoms with Crippen molar-refractivity contribution in [3.63, 3.8) is 0 Å². The smallest absolute Gasteiger partial charge is 0.260 e. The van der Waals surface area contributed by atoms with Gasteiger partial charge in [-0.2, -0.15) is 0 Å². The maximum Gasteiger partial charge on any atom is 0.260 e. The molecule has 0 saturated carbocycles. The molecule has 0 bridgehead atoms. The minimum atomic E-state index is -0.133. The zero-order valence-corrected chi connectivity index (χ0v) is 13.2. The van der Waals surface area contributed by atoms with Crippen LogP contribution >= 0.6 is 15.9 Å². The highest BCUT2D eigenvalue weighted by atomic mass is 79.9. The Balaban J connectivity index is 2.77. The summed E-state index contributed by atoms with van der Waals surface area (Å²) in [6.45, 7) is 7.22. The van der Waals surface area contributed by atoms with Gasteiger partial charge in [-0.15, -0.1) is 0 Å². The van der Waals surface area contributed by atoms with Crippen molar-refractivity contribution in [3.8, 4) is 5.75 Å². The number of nitrogens with zero attached hydrogens (tertiary/aromatic N) is 1. The standard InChI is InChI=1S/C14H21BrN2O2/c1-4-17(5-2)14(18)9-19-13-8-11(15)6-7-12(13)10(3)16/h6-8,10H,4-5,9,16H2,1-3H3/t10-/m0/s1. The summed E-state index contributed by atoms with van der Waals surface area (Å²) in [6, 6.07) is 5.53. The Bertz CT molecular complexity index is 431. The van der Waals surface area contributed by atoms with Crippen LogP contribution in [0.15, 0.2) is 22.7 Å². The maximum atomic E-state index is 11.9. The molecule has 19 heavy (non-hydrogen) atoms. The molecule has 5 heteroatoms. The number of carbonyl (C=O) groups is 1. The van der Waals surface area contributed by atoms with Gasteiger partial charge in [-0.05, 0) is 32.9 Å². The molecule has 2 N–H and O–H groups in total. The van der Waals surface area contributed by atoms with Crippen molar-refractivity contribution in [2.45, 2.75) is 26.8 Å². The fourth-order valence-electron chi connectivity index (χ4n) is 1.82. The summed E-state index contributed by atoms with van der Waals surface area (Å²) in [5.74, 6) is 0.644. The highest BCUT2D eigenvalue weighted by molar-refractivity contribution is 9.10. The Morgan fingerprint density at radius 2 is 2.05 bits per heavy atom. The first kappa shape index (κ1) is 16.0. The van der Waals surface area contributed by atoms with Gasteiger partial charge in [0.25, 0.3) is 5.91 Å². The summed E-state index contributed by atoms with van der Waals surface area (Å²) in [7, 11) is 0. The van der Waals surface area contributed by atoms with Gasteiger partial charge in [0.1, 0.15) is 5.75 Å². The number of amides is 1. The van der Waals surface area contributed by atoms with Gasteiger partial charge in [0, 0.05) is 29.2 Å². The Hall–Kier alpha value is -1.07. The van der Waals surface area contributed by atoms with Gasteiger partial charge in [-0.25, -0.2) is 0 Å². The Morgan fingerprint density at radius 1 is 1.42 bits per heavy atom. The molecular weight excluding hydrogens is 308 g/mol. The number of carbonyl (C=O) groups excluding carboxylic acids is 1. The lowest BCUT2D eigenvalue weighted by Gasteiger charge is -2.20. The van der Waals surface area contributed by atoms with Gasteiger partial charge in [0.15, 0.2) is 6.61 Å². The molecule has 4 nitrogen and oxygen atoms in total. The number of hydrogen-bond acceptors (Lipinski definition) is 3. The minimum Gasteiger partial charge on any atom is -0.483 e. The molecule has 0 aliphatic heterocycles. The molecule has 0 saturated heterocycles. The van der Waals surface area contributed by atoms with Crippen LogP contribution in [0, 0.1) is 0 Å². The van der Waals surface area contributed by atoms with Crippen LogP contribution in [0.5, 0.6) is 5.75 Å². The average Bonchev–Trinajstić information content (AvgIpc) is 2.37. The summed E-state index contributed by atoms with van der Waals surface area (Å²) < 4.78 is 6.53. The molecule has 0 unspecified atom stereocenters. The van der Waals surface area contributed by atoms with E-state index < -0.39 is 0 Å². The predicted octanol–water partition coefficient (Wildman–Crippen LogP) is 2.72. The predicted molar refractivity (Wildman–Crippen MR) is 80.2 cm³/mol. The van der Waals surface area contributed by atoms with Gasteiger partial charge in [-0.1, -0.05) is 22.0 Å². The summed E-state index contributed by atoms with van der Waals surface area (Å²) in [5.41, 5.74) is 6.79. The van der Waals surface area contributed by atoms with Crippen LogP contribution in [0.3, 0.4) is 0 Å². The van der Waals surface area contributed by atoms with Gasteiger partial charge in [0.05, 0.1) is 0 Å². The number of hydrogen-bond donors (Lipinski definition) is 1. The number of halogens is 1. The lowest BCUT2D eigenvalue weighted by atomic mass is 10.1. The van der Waals surface area contributed by atoms with Crippen molar-refractivity contribution in [2.75, 3.05) is 19.7 Å². The molecule has 1 aromatic carbocycles. The van der Waals surface area contributed by atoms with Crippen molar-refractivity contribution in [1.82, 2.24) is 4.90 Å². The van der Waals surface area contributed by atoms with E-state index in [0.717, 1.165) is 10.0 Å². The fourth-order valence-corrected chi connectivity index (χ4v) is 2.16. The van der Waals surface area contributed by atoms with Crippen molar-refractivity contribution >= 4 is 21.8 Å². The lowest BCUT2D eigenvalue weighted by molar-refractivity contribution is -0.132. The maximum absolute atomic E-state index is 11.9. The van der Waals surface area contributed by atoms with E-state index >= 15 is 0 Å². The summed E-state index contributed by atoms with van der Waals surface area (Å²) in [4.78, 5) is 13.6. The number of ether oxygens (including phenoxy) is 1. The molecule has 0 radical (unpaired) electrons. The normalized spacial score (nSPS) is 12.1. The molecule has 1 aromatic rings. The molecule has 0 aliphatic carbocycles. The largest absolute Gasteiger partial charge is 0.483 e.